The van der Waals surface area contributed by atoms with Crippen LogP contribution in [0.2, 0.25) is 0 Å². The number of ketones is 1. The molecule has 0 radical (unpaired) electrons. The first-order chi connectivity index (χ1) is 13.9. The van der Waals surface area contributed by atoms with Gasteiger partial charge in [0.25, 0.3) is 0 Å². The zero-order valence-electron chi connectivity index (χ0n) is 16.2. The van der Waals surface area contributed by atoms with Crippen LogP contribution in [0.3, 0.4) is 0 Å². The van der Waals surface area contributed by atoms with Crippen LogP contribution in [0, 0.1) is 0 Å². The fraction of sp³-hybridized carbons (Fsp3) is 0.190. The molecule has 7 nitrogen and oxygen atoms in total. The second-order valence-electron chi connectivity index (χ2n) is 6.73. The molecule has 1 amide bonds. The number of nitrogens with one attached hydrogen (secondary N) is 1. The van der Waals surface area contributed by atoms with E-state index >= 15 is 0 Å². The molecular formula is C21H19N5O2S. The Morgan fingerprint density at radius 3 is 2.52 bits per heavy atom. The summed E-state index contributed by atoms with van der Waals surface area (Å²) in [6.07, 6.45) is 0. The molecule has 146 valence electrons. The second kappa shape index (κ2) is 7.63. The maximum absolute atomic E-state index is 12.5. The minimum atomic E-state index is -0.420. The third-order valence-electron chi connectivity index (χ3n) is 4.70. The average Bonchev–Trinajstić information content (AvgIpc) is 3.00. The number of Topliss-reactive ketones (excluding diaryl/α,β-unsaturated/α-hetero) is 1. The van der Waals surface area contributed by atoms with Gasteiger partial charge in [-0.15, -0.1) is 10.2 Å². The number of thioether (sulfide) groups is 1. The van der Waals surface area contributed by atoms with Gasteiger partial charge in [-0.3, -0.25) is 9.59 Å². The molecule has 0 unspecified atom stereocenters. The van der Waals surface area contributed by atoms with E-state index < -0.39 is 5.25 Å². The van der Waals surface area contributed by atoms with Crippen LogP contribution in [-0.2, 0) is 11.8 Å². The summed E-state index contributed by atoms with van der Waals surface area (Å²) in [7, 11) is 1.94. The van der Waals surface area contributed by atoms with Crippen molar-refractivity contribution in [2.45, 2.75) is 24.3 Å². The number of carbonyl (C=O) groups excluding carboxylic acids is 2. The molecule has 0 saturated carbocycles. The third-order valence-corrected chi connectivity index (χ3v) is 5.65. The third kappa shape index (κ3) is 3.71. The highest BCUT2D eigenvalue weighted by atomic mass is 32.2. The fourth-order valence-corrected chi connectivity index (χ4v) is 3.80. The molecule has 1 atom stereocenters. The van der Waals surface area contributed by atoms with Crippen molar-refractivity contribution in [1.82, 2.24) is 19.7 Å². The molecule has 0 aliphatic carbocycles. The maximum Gasteiger partial charge on any atom is 0.237 e. The lowest BCUT2D eigenvalue weighted by atomic mass is 10.1. The Labute approximate surface area is 171 Å². The van der Waals surface area contributed by atoms with Crippen LogP contribution in [0.1, 0.15) is 24.2 Å². The van der Waals surface area contributed by atoms with Gasteiger partial charge < -0.3 is 9.88 Å². The Hall–Kier alpha value is -3.26. The minimum absolute atomic E-state index is 0.0137. The van der Waals surface area contributed by atoms with Crippen LogP contribution >= 0.6 is 11.8 Å². The van der Waals surface area contributed by atoms with Crippen molar-refractivity contribution < 1.29 is 9.59 Å². The first kappa shape index (κ1) is 19.1. The number of aromatic nitrogens is 4. The van der Waals surface area contributed by atoms with Gasteiger partial charge in [0.15, 0.2) is 11.4 Å². The molecule has 0 spiro atoms. The normalized spacial score (nSPS) is 12.2. The van der Waals surface area contributed by atoms with E-state index in [4.69, 9.17) is 0 Å². The van der Waals surface area contributed by atoms with E-state index in [9.17, 15) is 9.59 Å². The van der Waals surface area contributed by atoms with Crippen molar-refractivity contribution in [3.8, 4) is 0 Å². The van der Waals surface area contributed by atoms with Crippen LogP contribution in [0.5, 0.6) is 0 Å². The summed E-state index contributed by atoms with van der Waals surface area (Å²) in [4.78, 5) is 28.5. The molecule has 0 bridgehead atoms. The Balaban J connectivity index is 1.51. The predicted molar refractivity (Wildman–Crippen MR) is 114 cm³/mol. The van der Waals surface area contributed by atoms with E-state index in [2.05, 4.69) is 20.5 Å². The quantitative estimate of drug-likeness (QED) is 0.401. The predicted octanol–water partition coefficient (Wildman–Crippen LogP) is 3.84. The standard InChI is InChI=1S/C21H19N5O2S/c1-12(27)14-8-10-15(11-9-14)22-20(28)13(2)29-21-23-19-18(24-25-21)16-6-4-5-7-17(16)26(19)3/h4-11,13H,1-3H3,(H,22,28)/t13-/m0/s1. The van der Waals surface area contributed by atoms with Gasteiger partial charge in [-0.1, -0.05) is 30.0 Å². The van der Waals surface area contributed by atoms with Crippen molar-refractivity contribution in [3.63, 3.8) is 0 Å². The summed E-state index contributed by atoms with van der Waals surface area (Å²) in [6.45, 7) is 3.30. The minimum Gasteiger partial charge on any atom is -0.327 e. The van der Waals surface area contributed by atoms with E-state index in [0.29, 0.717) is 16.4 Å². The van der Waals surface area contributed by atoms with Gasteiger partial charge in [0.05, 0.1) is 10.8 Å². The highest BCUT2D eigenvalue weighted by Crippen LogP contribution is 2.27. The molecule has 0 saturated heterocycles. The monoisotopic (exact) mass is 405 g/mol. The fourth-order valence-electron chi connectivity index (χ4n) is 3.09. The molecular weight excluding hydrogens is 386 g/mol. The van der Waals surface area contributed by atoms with Crippen LogP contribution in [0.25, 0.3) is 22.1 Å². The Bertz CT molecular complexity index is 1230. The number of fused-ring (bicyclic) bond motifs is 3. The molecule has 4 rings (SSSR count). The number of anilines is 1. The molecule has 2 heterocycles. The number of benzene rings is 2. The molecule has 0 aliphatic rings. The first-order valence-electron chi connectivity index (χ1n) is 9.10. The number of rotatable bonds is 5. The Kier molecular flexibility index (Phi) is 5.02. The zero-order valence-corrected chi connectivity index (χ0v) is 17.0. The maximum atomic E-state index is 12.5. The number of amides is 1. The van der Waals surface area contributed by atoms with Crippen LogP contribution in [-0.4, -0.2) is 36.7 Å². The smallest absolute Gasteiger partial charge is 0.237 e. The number of para-hydroxylation sites is 1. The first-order valence-corrected chi connectivity index (χ1v) is 9.98. The topological polar surface area (TPSA) is 89.8 Å². The molecule has 0 aliphatic heterocycles. The lowest BCUT2D eigenvalue weighted by Gasteiger charge is -2.11. The number of nitrogens with zero attached hydrogens (tertiary/aromatic N) is 4. The van der Waals surface area contributed by atoms with E-state index in [-0.39, 0.29) is 11.7 Å². The largest absolute Gasteiger partial charge is 0.327 e. The van der Waals surface area contributed by atoms with Crippen LogP contribution in [0.4, 0.5) is 5.69 Å². The van der Waals surface area contributed by atoms with Gasteiger partial charge in [-0.25, -0.2) is 4.98 Å². The van der Waals surface area contributed by atoms with E-state index in [0.717, 1.165) is 22.1 Å². The summed E-state index contributed by atoms with van der Waals surface area (Å²) in [6, 6.07) is 14.7. The number of carbonyl (C=O) groups is 2. The molecule has 2 aromatic heterocycles. The van der Waals surface area contributed by atoms with Gasteiger partial charge in [0, 0.05) is 23.7 Å². The molecule has 8 heteroatoms. The summed E-state index contributed by atoms with van der Waals surface area (Å²) in [5.41, 5.74) is 3.75. The SMILES string of the molecule is CC(=O)c1ccc(NC(=O)[C@H](C)Sc2nnc3c4ccccc4n(C)c3n2)cc1. The van der Waals surface area contributed by atoms with Crippen molar-refractivity contribution >= 4 is 51.2 Å². The van der Waals surface area contributed by atoms with Gasteiger partial charge in [-0.2, -0.15) is 0 Å². The average molecular weight is 405 g/mol. The van der Waals surface area contributed by atoms with Gasteiger partial charge >= 0.3 is 0 Å². The highest BCUT2D eigenvalue weighted by Gasteiger charge is 2.19. The summed E-state index contributed by atoms with van der Waals surface area (Å²) in [5, 5.41) is 12.4. The Morgan fingerprint density at radius 1 is 1.07 bits per heavy atom. The van der Waals surface area contributed by atoms with Crippen molar-refractivity contribution in [3.05, 3.63) is 54.1 Å². The summed E-state index contributed by atoms with van der Waals surface area (Å²) < 4.78 is 1.98. The number of aryl methyl sites for hydroxylation is 1. The molecule has 4 aromatic rings. The number of hydrogen-bond donors (Lipinski definition) is 1. The van der Waals surface area contributed by atoms with Crippen LogP contribution in [0.15, 0.2) is 53.7 Å². The van der Waals surface area contributed by atoms with Gasteiger partial charge in [-0.05, 0) is 44.2 Å². The van der Waals surface area contributed by atoms with E-state index in [1.165, 1.54) is 18.7 Å². The van der Waals surface area contributed by atoms with Crippen molar-refractivity contribution in [2.24, 2.45) is 7.05 Å². The van der Waals surface area contributed by atoms with E-state index in [1.54, 1.807) is 31.2 Å². The summed E-state index contributed by atoms with van der Waals surface area (Å²) >= 11 is 1.25. The molecule has 0 fully saturated rings. The van der Waals surface area contributed by atoms with Crippen molar-refractivity contribution in [2.75, 3.05) is 5.32 Å². The highest BCUT2D eigenvalue weighted by molar-refractivity contribution is 8.00. The molecule has 29 heavy (non-hydrogen) atoms. The summed E-state index contributed by atoms with van der Waals surface area (Å²) in [5.74, 6) is -0.188. The lowest BCUT2D eigenvalue weighted by molar-refractivity contribution is -0.115. The van der Waals surface area contributed by atoms with Crippen LogP contribution < -0.4 is 5.32 Å². The zero-order chi connectivity index (χ0) is 20.5. The molecule has 1 N–H and O–H groups in total. The van der Waals surface area contributed by atoms with E-state index in [1.807, 2.05) is 35.9 Å². The Morgan fingerprint density at radius 2 is 1.79 bits per heavy atom. The lowest BCUT2D eigenvalue weighted by Crippen LogP contribution is -2.22. The van der Waals surface area contributed by atoms with Gasteiger partial charge in [0.2, 0.25) is 11.1 Å². The molecule has 2 aromatic carbocycles. The van der Waals surface area contributed by atoms with Gasteiger partial charge in [0.1, 0.15) is 5.52 Å². The second-order valence-corrected chi connectivity index (χ2v) is 8.03. The number of hydrogen-bond acceptors (Lipinski definition) is 6. The van der Waals surface area contributed by atoms with Crippen molar-refractivity contribution in [1.29, 1.82) is 0 Å².